The standard InChI is InChI=1S/C35H33N/c1-34(2,3)31-28-19-16-23-13-10-20-36-33(23)30(28)32(35(4,5)6)27-18-17-24(21-29(27)31)26-15-9-12-22-11-7-8-14-25(22)26/h7-21H,1-6H3. The molecule has 5 aromatic carbocycles. The van der Waals surface area contributed by atoms with Crippen molar-refractivity contribution >= 4 is 43.2 Å². The zero-order chi connectivity index (χ0) is 25.2. The SMILES string of the molecule is CC(C)(C)c1c2cc(-c3cccc4ccccc34)ccc2c(C(C)(C)C)c2c1ccc1cccnc12. The zero-order valence-electron chi connectivity index (χ0n) is 22.1. The van der Waals surface area contributed by atoms with Gasteiger partial charge in [-0.05, 0) is 72.1 Å². The molecule has 0 aliphatic rings. The Hall–Kier alpha value is -3.71. The number of hydrogen-bond acceptors (Lipinski definition) is 1. The minimum Gasteiger partial charge on any atom is -0.256 e. The summed E-state index contributed by atoms with van der Waals surface area (Å²) in [6.45, 7) is 14.0. The molecule has 1 aromatic heterocycles. The van der Waals surface area contributed by atoms with Crippen molar-refractivity contribution in [1.82, 2.24) is 4.98 Å². The molecule has 0 bridgehead atoms. The molecule has 0 aliphatic carbocycles. The summed E-state index contributed by atoms with van der Waals surface area (Å²) in [5.74, 6) is 0. The van der Waals surface area contributed by atoms with E-state index in [-0.39, 0.29) is 10.8 Å². The van der Waals surface area contributed by atoms with Gasteiger partial charge in [0, 0.05) is 17.0 Å². The van der Waals surface area contributed by atoms with Crippen molar-refractivity contribution in [2.24, 2.45) is 0 Å². The lowest BCUT2D eigenvalue weighted by atomic mass is 9.73. The Bertz CT molecular complexity index is 1790. The van der Waals surface area contributed by atoms with E-state index in [1.807, 2.05) is 12.3 Å². The van der Waals surface area contributed by atoms with Crippen molar-refractivity contribution in [2.75, 3.05) is 0 Å². The molecule has 0 unspecified atom stereocenters. The van der Waals surface area contributed by atoms with Crippen LogP contribution in [0, 0.1) is 0 Å². The molecule has 1 heteroatoms. The Morgan fingerprint density at radius 2 is 1.22 bits per heavy atom. The van der Waals surface area contributed by atoms with Crippen LogP contribution in [0.25, 0.3) is 54.3 Å². The Morgan fingerprint density at radius 1 is 0.528 bits per heavy atom. The van der Waals surface area contributed by atoms with Crippen molar-refractivity contribution in [1.29, 1.82) is 0 Å². The number of pyridine rings is 1. The summed E-state index contributed by atoms with van der Waals surface area (Å²) in [5.41, 5.74) is 6.36. The highest BCUT2D eigenvalue weighted by atomic mass is 14.6. The Morgan fingerprint density at radius 3 is 2.00 bits per heavy atom. The average Bonchev–Trinajstić information content (AvgIpc) is 2.85. The van der Waals surface area contributed by atoms with Gasteiger partial charge < -0.3 is 0 Å². The van der Waals surface area contributed by atoms with E-state index in [4.69, 9.17) is 4.98 Å². The third-order valence-electron chi connectivity index (χ3n) is 7.45. The largest absolute Gasteiger partial charge is 0.256 e. The molecule has 0 radical (unpaired) electrons. The molecule has 0 amide bonds. The van der Waals surface area contributed by atoms with Gasteiger partial charge in [-0.15, -0.1) is 0 Å². The van der Waals surface area contributed by atoms with Crippen molar-refractivity contribution in [3.63, 3.8) is 0 Å². The average molecular weight is 468 g/mol. The van der Waals surface area contributed by atoms with E-state index in [1.165, 1.54) is 60.0 Å². The molecule has 0 saturated carbocycles. The van der Waals surface area contributed by atoms with Crippen LogP contribution >= 0.6 is 0 Å². The molecule has 0 atom stereocenters. The fraction of sp³-hybridized carbons (Fsp3) is 0.229. The number of nitrogens with zero attached hydrogens (tertiary/aromatic N) is 1. The molecule has 0 saturated heterocycles. The summed E-state index contributed by atoms with van der Waals surface area (Å²) < 4.78 is 0. The van der Waals surface area contributed by atoms with Crippen molar-refractivity contribution < 1.29 is 0 Å². The number of hydrogen-bond donors (Lipinski definition) is 0. The van der Waals surface area contributed by atoms with Gasteiger partial charge in [-0.1, -0.05) is 114 Å². The molecule has 6 rings (SSSR count). The van der Waals surface area contributed by atoms with Crippen LogP contribution in [0.4, 0.5) is 0 Å². The second-order valence-electron chi connectivity index (χ2n) is 12.1. The van der Waals surface area contributed by atoms with Gasteiger partial charge in [0.25, 0.3) is 0 Å². The summed E-state index contributed by atoms with van der Waals surface area (Å²) in [4.78, 5) is 4.91. The molecule has 0 aliphatic heterocycles. The van der Waals surface area contributed by atoms with E-state index < -0.39 is 0 Å². The number of rotatable bonds is 1. The maximum absolute atomic E-state index is 4.91. The smallest absolute Gasteiger partial charge is 0.0783 e. The monoisotopic (exact) mass is 467 g/mol. The normalized spacial score (nSPS) is 12.7. The molecular formula is C35H33N. The van der Waals surface area contributed by atoms with E-state index in [0.29, 0.717) is 0 Å². The third-order valence-corrected chi connectivity index (χ3v) is 7.45. The maximum atomic E-state index is 4.91. The van der Waals surface area contributed by atoms with Crippen LogP contribution < -0.4 is 0 Å². The zero-order valence-corrected chi connectivity index (χ0v) is 22.1. The maximum Gasteiger partial charge on any atom is 0.0783 e. The lowest BCUT2D eigenvalue weighted by Gasteiger charge is -2.31. The lowest BCUT2D eigenvalue weighted by Crippen LogP contribution is -2.18. The molecule has 0 fully saturated rings. The fourth-order valence-electron chi connectivity index (χ4n) is 6.09. The molecule has 1 nitrogen and oxygen atoms in total. The van der Waals surface area contributed by atoms with Crippen molar-refractivity contribution in [3.8, 4) is 11.1 Å². The first kappa shape index (κ1) is 22.7. The molecular weight excluding hydrogens is 434 g/mol. The van der Waals surface area contributed by atoms with E-state index in [1.54, 1.807) is 0 Å². The van der Waals surface area contributed by atoms with Gasteiger partial charge >= 0.3 is 0 Å². The van der Waals surface area contributed by atoms with Crippen LogP contribution in [0.3, 0.4) is 0 Å². The second kappa shape index (κ2) is 7.90. The van der Waals surface area contributed by atoms with Crippen LogP contribution in [0.5, 0.6) is 0 Å². The molecule has 178 valence electrons. The molecule has 0 spiro atoms. The van der Waals surface area contributed by atoms with E-state index >= 15 is 0 Å². The quantitative estimate of drug-likeness (QED) is 0.173. The van der Waals surface area contributed by atoms with E-state index in [9.17, 15) is 0 Å². The van der Waals surface area contributed by atoms with Crippen molar-refractivity contribution in [3.05, 3.63) is 102 Å². The summed E-state index contributed by atoms with van der Waals surface area (Å²) in [5, 5.41) is 9.07. The van der Waals surface area contributed by atoms with E-state index in [2.05, 4.69) is 120 Å². The van der Waals surface area contributed by atoms with Gasteiger partial charge in [0.15, 0.2) is 0 Å². The molecule has 36 heavy (non-hydrogen) atoms. The van der Waals surface area contributed by atoms with Crippen LogP contribution in [-0.2, 0) is 10.8 Å². The van der Waals surface area contributed by atoms with Crippen molar-refractivity contribution in [2.45, 2.75) is 52.4 Å². The first-order chi connectivity index (χ1) is 17.1. The Labute approximate surface area is 213 Å². The minimum absolute atomic E-state index is 0.0350. The fourth-order valence-corrected chi connectivity index (χ4v) is 6.09. The third kappa shape index (κ3) is 3.49. The van der Waals surface area contributed by atoms with Crippen LogP contribution in [0.15, 0.2) is 91.1 Å². The topological polar surface area (TPSA) is 12.9 Å². The van der Waals surface area contributed by atoms with Crippen LogP contribution in [0.2, 0.25) is 0 Å². The predicted octanol–water partition coefficient (Wildman–Crippen LogP) is 9.96. The molecule has 0 N–H and O–H groups in total. The van der Waals surface area contributed by atoms with Crippen LogP contribution in [0.1, 0.15) is 52.7 Å². The number of fused-ring (bicyclic) bond motifs is 5. The Kier molecular flexibility index (Phi) is 4.99. The van der Waals surface area contributed by atoms with Gasteiger partial charge in [-0.25, -0.2) is 0 Å². The summed E-state index contributed by atoms with van der Waals surface area (Å²) in [6.07, 6.45) is 1.93. The summed E-state index contributed by atoms with van der Waals surface area (Å²) >= 11 is 0. The van der Waals surface area contributed by atoms with Gasteiger partial charge in [0.2, 0.25) is 0 Å². The lowest BCUT2D eigenvalue weighted by molar-refractivity contribution is 0.593. The number of benzene rings is 5. The van der Waals surface area contributed by atoms with Gasteiger partial charge in [-0.3, -0.25) is 4.98 Å². The van der Waals surface area contributed by atoms with Gasteiger partial charge in [0.05, 0.1) is 5.52 Å². The number of aromatic nitrogens is 1. The van der Waals surface area contributed by atoms with E-state index in [0.717, 1.165) is 5.52 Å². The summed E-state index contributed by atoms with van der Waals surface area (Å²) in [6, 6.07) is 31.2. The minimum atomic E-state index is -0.0420. The first-order valence-corrected chi connectivity index (χ1v) is 12.9. The summed E-state index contributed by atoms with van der Waals surface area (Å²) in [7, 11) is 0. The second-order valence-corrected chi connectivity index (χ2v) is 12.1. The Balaban J connectivity index is 1.83. The highest BCUT2D eigenvalue weighted by Gasteiger charge is 2.29. The van der Waals surface area contributed by atoms with Crippen LogP contribution in [-0.4, -0.2) is 4.98 Å². The highest BCUT2D eigenvalue weighted by molar-refractivity contribution is 6.17. The first-order valence-electron chi connectivity index (χ1n) is 12.9. The molecule has 1 heterocycles. The predicted molar refractivity (Wildman–Crippen MR) is 157 cm³/mol. The highest BCUT2D eigenvalue weighted by Crippen LogP contribution is 2.46. The van der Waals surface area contributed by atoms with Gasteiger partial charge in [-0.2, -0.15) is 0 Å². The molecule has 6 aromatic rings. The van der Waals surface area contributed by atoms with Gasteiger partial charge in [0.1, 0.15) is 0 Å².